The van der Waals surface area contributed by atoms with Gasteiger partial charge in [-0.05, 0) is 52.3 Å². The highest BCUT2D eigenvalue weighted by molar-refractivity contribution is 6.31. The number of aromatic nitrogens is 1. The molecule has 0 saturated carbocycles. The molecule has 2 N–H and O–H groups in total. The molecule has 2 rings (SSSR count). The van der Waals surface area contributed by atoms with Gasteiger partial charge >= 0.3 is 0 Å². The van der Waals surface area contributed by atoms with Crippen molar-refractivity contribution >= 4 is 17.5 Å². The van der Waals surface area contributed by atoms with E-state index in [1.807, 2.05) is 24.6 Å². The Morgan fingerprint density at radius 3 is 3.00 bits per heavy atom. The second kappa shape index (κ2) is 6.44. The largest absolute Gasteiger partial charge is 0.348 e. The van der Waals surface area contributed by atoms with Crippen LogP contribution in [0.25, 0.3) is 0 Å². The molecule has 5 heteroatoms. The Morgan fingerprint density at radius 2 is 2.26 bits per heavy atom. The summed E-state index contributed by atoms with van der Waals surface area (Å²) in [5, 5.41) is 7.08. The lowest BCUT2D eigenvalue weighted by molar-refractivity contribution is 0.0923. The maximum absolute atomic E-state index is 12.4. The number of amides is 1. The van der Waals surface area contributed by atoms with Gasteiger partial charge in [0.2, 0.25) is 0 Å². The number of hydrogen-bond donors (Lipinski definition) is 2. The molecule has 19 heavy (non-hydrogen) atoms. The summed E-state index contributed by atoms with van der Waals surface area (Å²) < 4.78 is 1.92. The van der Waals surface area contributed by atoms with Gasteiger partial charge in [-0.25, -0.2) is 0 Å². The Bertz CT molecular complexity index is 434. The summed E-state index contributed by atoms with van der Waals surface area (Å²) in [5.74, 6) is -0.0208. The number of hydrogen-bond acceptors (Lipinski definition) is 2. The van der Waals surface area contributed by atoms with Crippen LogP contribution in [-0.4, -0.2) is 29.6 Å². The lowest BCUT2D eigenvalue weighted by Crippen LogP contribution is -2.36. The number of nitrogens with zero attached hydrogens (tertiary/aromatic N) is 1. The third kappa shape index (κ3) is 3.74. The zero-order chi connectivity index (χ0) is 13.8. The van der Waals surface area contributed by atoms with E-state index in [0.29, 0.717) is 10.7 Å². The SMILES string of the molecule is CC(C)n1cc(Cl)cc1C(=O)NC1CCCNCC1. The monoisotopic (exact) mass is 283 g/mol. The predicted molar refractivity (Wildman–Crippen MR) is 77.8 cm³/mol. The maximum atomic E-state index is 12.4. The molecule has 1 aliphatic heterocycles. The Hall–Kier alpha value is -1.00. The van der Waals surface area contributed by atoms with Crippen LogP contribution < -0.4 is 10.6 Å². The second-order valence-corrected chi connectivity index (χ2v) is 5.83. The van der Waals surface area contributed by atoms with Gasteiger partial charge in [0.25, 0.3) is 5.91 Å². The van der Waals surface area contributed by atoms with Gasteiger partial charge in [-0.2, -0.15) is 0 Å². The molecule has 0 spiro atoms. The fourth-order valence-corrected chi connectivity index (χ4v) is 2.69. The van der Waals surface area contributed by atoms with E-state index in [9.17, 15) is 4.79 Å². The highest BCUT2D eigenvalue weighted by atomic mass is 35.5. The van der Waals surface area contributed by atoms with Crippen molar-refractivity contribution in [3.05, 3.63) is 23.0 Å². The van der Waals surface area contributed by atoms with Crippen LogP contribution in [0, 0.1) is 0 Å². The summed E-state index contributed by atoms with van der Waals surface area (Å²) in [6.45, 7) is 6.10. The normalized spacial score (nSPS) is 20.3. The summed E-state index contributed by atoms with van der Waals surface area (Å²) in [6, 6.07) is 2.23. The number of halogens is 1. The molecule has 2 heterocycles. The Balaban J connectivity index is 2.06. The molecule has 4 nitrogen and oxygen atoms in total. The quantitative estimate of drug-likeness (QED) is 0.896. The Labute approximate surface area is 119 Å². The molecule has 1 unspecified atom stereocenters. The summed E-state index contributed by atoms with van der Waals surface area (Å²) in [5.41, 5.74) is 0.650. The zero-order valence-corrected chi connectivity index (χ0v) is 12.3. The van der Waals surface area contributed by atoms with Crippen LogP contribution in [0.4, 0.5) is 0 Å². The van der Waals surface area contributed by atoms with E-state index >= 15 is 0 Å². The minimum Gasteiger partial charge on any atom is -0.348 e. The highest BCUT2D eigenvalue weighted by Crippen LogP contribution is 2.19. The van der Waals surface area contributed by atoms with E-state index in [1.54, 1.807) is 6.07 Å². The van der Waals surface area contributed by atoms with Crippen LogP contribution in [0.3, 0.4) is 0 Å². The van der Waals surface area contributed by atoms with Gasteiger partial charge in [-0.15, -0.1) is 0 Å². The third-order valence-electron chi connectivity index (χ3n) is 3.52. The van der Waals surface area contributed by atoms with Gasteiger partial charge in [0.05, 0.1) is 5.02 Å². The van der Waals surface area contributed by atoms with Gasteiger partial charge in [0, 0.05) is 18.3 Å². The summed E-state index contributed by atoms with van der Waals surface area (Å²) >= 11 is 6.01. The first-order chi connectivity index (χ1) is 9.08. The van der Waals surface area contributed by atoms with Gasteiger partial charge in [-0.3, -0.25) is 4.79 Å². The minimum atomic E-state index is -0.0208. The molecule has 1 aromatic heterocycles. The lowest BCUT2D eigenvalue weighted by atomic mass is 10.1. The second-order valence-electron chi connectivity index (χ2n) is 5.40. The number of carbonyl (C=O) groups excluding carboxylic acids is 1. The molecule has 0 bridgehead atoms. The molecule has 1 aromatic rings. The molecular weight excluding hydrogens is 262 g/mol. The van der Waals surface area contributed by atoms with E-state index in [-0.39, 0.29) is 18.0 Å². The zero-order valence-electron chi connectivity index (χ0n) is 11.6. The smallest absolute Gasteiger partial charge is 0.268 e. The average molecular weight is 284 g/mol. The number of nitrogens with one attached hydrogen (secondary N) is 2. The van der Waals surface area contributed by atoms with E-state index in [2.05, 4.69) is 10.6 Å². The molecule has 1 atom stereocenters. The van der Waals surface area contributed by atoms with Crippen molar-refractivity contribution in [2.45, 2.75) is 45.2 Å². The first-order valence-electron chi connectivity index (χ1n) is 6.97. The summed E-state index contributed by atoms with van der Waals surface area (Å²) in [6.07, 6.45) is 4.95. The van der Waals surface area contributed by atoms with Gasteiger partial charge in [-0.1, -0.05) is 11.6 Å². The minimum absolute atomic E-state index is 0.0208. The Morgan fingerprint density at radius 1 is 1.47 bits per heavy atom. The van der Waals surface area contributed by atoms with Crippen molar-refractivity contribution in [2.24, 2.45) is 0 Å². The topological polar surface area (TPSA) is 46.1 Å². The van der Waals surface area contributed by atoms with Crippen molar-refractivity contribution in [3.63, 3.8) is 0 Å². The molecule has 1 aliphatic rings. The van der Waals surface area contributed by atoms with Crippen molar-refractivity contribution in [1.29, 1.82) is 0 Å². The lowest BCUT2D eigenvalue weighted by Gasteiger charge is -2.18. The first-order valence-corrected chi connectivity index (χ1v) is 7.34. The van der Waals surface area contributed by atoms with Gasteiger partial charge < -0.3 is 15.2 Å². The van der Waals surface area contributed by atoms with Crippen LogP contribution in [-0.2, 0) is 0 Å². The molecule has 0 aliphatic carbocycles. The summed E-state index contributed by atoms with van der Waals surface area (Å²) in [4.78, 5) is 12.4. The molecule has 1 amide bonds. The van der Waals surface area contributed by atoms with Crippen LogP contribution >= 0.6 is 11.6 Å². The molecule has 1 fully saturated rings. The molecule has 0 aromatic carbocycles. The van der Waals surface area contributed by atoms with Crippen molar-refractivity contribution in [1.82, 2.24) is 15.2 Å². The highest BCUT2D eigenvalue weighted by Gasteiger charge is 2.19. The van der Waals surface area contributed by atoms with E-state index in [1.165, 1.54) is 0 Å². The van der Waals surface area contributed by atoms with Gasteiger partial charge in [0.1, 0.15) is 5.69 Å². The summed E-state index contributed by atoms with van der Waals surface area (Å²) in [7, 11) is 0. The number of rotatable bonds is 3. The molecule has 1 saturated heterocycles. The average Bonchev–Trinajstić information content (AvgIpc) is 2.58. The molecular formula is C14H22ClN3O. The number of carbonyl (C=O) groups is 1. The first kappa shape index (κ1) is 14.4. The third-order valence-corrected chi connectivity index (χ3v) is 3.72. The predicted octanol–water partition coefficient (Wildman–Crippen LogP) is 2.59. The van der Waals surface area contributed by atoms with Crippen molar-refractivity contribution in [2.75, 3.05) is 13.1 Å². The van der Waals surface area contributed by atoms with Crippen LogP contribution in [0.15, 0.2) is 12.3 Å². The molecule has 0 radical (unpaired) electrons. The van der Waals surface area contributed by atoms with Gasteiger partial charge in [0.15, 0.2) is 0 Å². The van der Waals surface area contributed by atoms with E-state index in [4.69, 9.17) is 11.6 Å². The fourth-order valence-electron chi connectivity index (χ4n) is 2.48. The van der Waals surface area contributed by atoms with Crippen LogP contribution in [0.5, 0.6) is 0 Å². The van der Waals surface area contributed by atoms with E-state index < -0.39 is 0 Å². The van der Waals surface area contributed by atoms with Crippen LogP contribution in [0.2, 0.25) is 5.02 Å². The van der Waals surface area contributed by atoms with Crippen molar-refractivity contribution in [3.8, 4) is 0 Å². The standard InChI is InChI=1S/C14H22ClN3O/c1-10(2)18-9-11(15)8-13(18)14(19)17-12-4-3-6-16-7-5-12/h8-10,12,16H,3-7H2,1-2H3,(H,17,19). The Kier molecular flexibility index (Phi) is 4.88. The molecule has 106 valence electrons. The van der Waals surface area contributed by atoms with E-state index in [0.717, 1.165) is 32.4 Å². The maximum Gasteiger partial charge on any atom is 0.268 e. The van der Waals surface area contributed by atoms with Crippen molar-refractivity contribution < 1.29 is 4.79 Å². The van der Waals surface area contributed by atoms with Crippen LogP contribution in [0.1, 0.15) is 49.6 Å². The fraction of sp³-hybridized carbons (Fsp3) is 0.643.